The first kappa shape index (κ1) is 13.8. The lowest BCUT2D eigenvalue weighted by Gasteiger charge is -2.07. The van der Waals surface area contributed by atoms with Gasteiger partial charge in [0.1, 0.15) is 13.9 Å². The van der Waals surface area contributed by atoms with Crippen LogP contribution >= 0.6 is 0 Å². The lowest BCUT2D eigenvalue weighted by Crippen LogP contribution is -2.16. The lowest BCUT2D eigenvalue weighted by atomic mass is 10.1. The van der Waals surface area contributed by atoms with Crippen molar-refractivity contribution in [1.29, 1.82) is 0 Å². The van der Waals surface area contributed by atoms with Crippen molar-refractivity contribution in [3.63, 3.8) is 0 Å². The molecule has 0 aliphatic heterocycles. The number of hydrogen-bond acceptors (Lipinski definition) is 0. The molecule has 0 amide bonds. The molecular weight excluding hydrogens is 248 g/mol. The van der Waals surface area contributed by atoms with Crippen molar-refractivity contribution >= 4 is 8.07 Å². The Morgan fingerprint density at radius 3 is 2.12 bits per heavy atom. The number of benzene rings is 1. The Balaban J connectivity index is 3.18. The van der Waals surface area contributed by atoms with Crippen molar-refractivity contribution < 1.29 is 17.6 Å². The Hall–Kier alpha value is -1.28. The quantitative estimate of drug-likeness (QED) is 0.375. The van der Waals surface area contributed by atoms with E-state index in [1.54, 1.807) is 0 Å². The lowest BCUT2D eigenvalue weighted by molar-refractivity contribution is -0.137. The Bertz CT molecular complexity index is 472. The molecule has 0 nitrogen and oxygen atoms in total. The fourth-order valence-electron chi connectivity index (χ4n) is 1.09. The van der Waals surface area contributed by atoms with E-state index in [1.165, 1.54) is 0 Å². The average molecular weight is 260 g/mol. The summed E-state index contributed by atoms with van der Waals surface area (Å²) >= 11 is 0. The van der Waals surface area contributed by atoms with Crippen LogP contribution in [0.15, 0.2) is 18.2 Å². The van der Waals surface area contributed by atoms with E-state index in [2.05, 4.69) is 11.5 Å². The summed E-state index contributed by atoms with van der Waals surface area (Å²) in [5.74, 6) is 1.69. The van der Waals surface area contributed by atoms with Gasteiger partial charge in [-0.05, 0) is 18.2 Å². The van der Waals surface area contributed by atoms with Crippen molar-refractivity contribution in [2.45, 2.75) is 25.8 Å². The molecule has 0 unspecified atom stereocenters. The van der Waals surface area contributed by atoms with Gasteiger partial charge in [-0.15, -0.1) is 5.54 Å². The summed E-state index contributed by atoms with van der Waals surface area (Å²) in [6.45, 7) is 5.89. The molecule has 0 radical (unpaired) electrons. The van der Waals surface area contributed by atoms with Crippen LogP contribution in [0.1, 0.15) is 11.1 Å². The fourth-order valence-corrected chi connectivity index (χ4v) is 1.60. The van der Waals surface area contributed by atoms with Gasteiger partial charge in [-0.25, -0.2) is 4.39 Å². The molecule has 0 atom stereocenters. The summed E-state index contributed by atoms with van der Waals surface area (Å²) in [6.07, 6.45) is -4.54. The molecule has 17 heavy (non-hydrogen) atoms. The molecule has 92 valence electrons. The van der Waals surface area contributed by atoms with E-state index < -0.39 is 25.6 Å². The van der Waals surface area contributed by atoms with Crippen LogP contribution in [0.3, 0.4) is 0 Å². The van der Waals surface area contributed by atoms with Gasteiger partial charge in [-0.2, -0.15) is 13.2 Å². The number of halogens is 4. The first-order valence-electron chi connectivity index (χ1n) is 4.99. The van der Waals surface area contributed by atoms with Gasteiger partial charge >= 0.3 is 6.18 Å². The van der Waals surface area contributed by atoms with E-state index in [0.717, 1.165) is 12.1 Å². The summed E-state index contributed by atoms with van der Waals surface area (Å²) in [7, 11) is -1.69. The van der Waals surface area contributed by atoms with Crippen LogP contribution in [-0.4, -0.2) is 8.07 Å². The summed E-state index contributed by atoms with van der Waals surface area (Å²) in [5.41, 5.74) is 1.97. The molecule has 5 heteroatoms. The van der Waals surface area contributed by atoms with Gasteiger partial charge in [0.2, 0.25) is 0 Å². The highest BCUT2D eigenvalue weighted by Crippen LogP contribution is 2.30. The smallest absolute Gasteiger partial charge is 0.207 e. The third-order valence-corrected chi connectivity index (χ3v) is 2.68. The van der Waals surface area contributed by atoms with Gasteiger partial charge in [0.05, 0.1) is 5.56 Å². The fraction of sp³-hybridized carbons (Fsp3) is 0.333. The maximum Gasteiger partial charge on any atom is 0.416 e. The maximum absolute atomic E-state index is 13.0. The van der Waals surface area contributed by atoms with E-state index in [9.17, 15) is 17.6 Å². The standard InChI is InChI=1S/C12H12F4Si/c1-17(2,3)5-4-9-6-10(12(14,15)16)8-11(13)7-9/h6-8H,1-3H3. The molecular formula is C12H12F4Si. The molecule has 0 heterocycles. The predicted octanol–water partition coefficient (Wildman–Crippen LogP) is 4.07. The SMILES string of the molecule is C[Si](C)(C)C#Cc1cc(F)cc(C(F)(F)F)c1. The summed E-state index contributed by atoms with van der Waals surface area (Å²) in [4.78, 5) is 0. The molecule has 0 aliphatic rings. The van der Waals surface area contributed by atoms with E-state index in [1.807, 2.05) is 19.6 Å². The zero-order valence-electron chi connectivity index (χ0n) is 9.74. The summed E-state index contributed by atoms with van der Waals surface area (Å²) in [6, 6.07) is 2.36. The van der Waals surface area contributed by atoms with Crippen molar-refractivity contribution in [3.05, 3.63) is 35.1 Å². The van der Waals surface area contributed by atoms with Crippen molar-refractivity contribution in [1.82, 2.24) is 0 Å². The zero-order valence-corrected chi connectivity index (χ0v) is 10.7. The molecule has 0 bridgehead atoms. The minimum Gasteiger partial charge on any atom is -0.207 e. The van der Waals surface area contributed by atoms with Gasteiger partial charge in [-0.3, -0.25) is 0 Å². The minimum atomic E-state index is -4.54. The maximum atomic E-state index is 13.0. The normalized spacial score (nSPS) is 11.9. The Morgan fingerprint density at radius 2 is 1.65 bits per heavy atom. The van der Waals surface area contributed by atoms with E-state index >= 15 is 0 Å². The van der Waals surface area contributed by atoms with Gasteiger partial charge in [0.15, 0.2) is 0 Å². The summed E-state index contributed by atoms with van der Waals surface area (Å²) in [5, 5.41) is 0. The molecule has 0 aromatic heterocycles. The molecule has 0 saturated heterocycles. The largest absolute Gasteiger partial charge is 0.416 e. The Labute approximate surface area is 98.7 Å². The minimum absolute atomic E-state index is 0.0692. The highest BCUT2D eigenvalue weighted by molar-refractivity contribution is 6.83. The third kappa shape index (κ3) is 4.61. The molecule has 0 saturated carbocycles. The number of rotatable bonds is 0. The first-order chi connectivity index (χ1) is 7.58. The Kier molecular flexibility index (Phi) is 3.67. The van der Waals surface area contributed by atoms with Crippen LogP contribution in [0.5, 0.6) is 0 Å². The number of hydrogen-bond donors (Lipinski definition) is 0. The van der Waals surface area contributed by atoms with Crippen LogP contribution in [0.25, 0.3) is 0 Å². The molecule has 0 fully saturated rings. The van der Waals surface area contributed by atoms with E-state index in [0.29, 0.717) is 6.07 Å². The Morgan fingerprint density at radius 1 is 1.06 bits per heavy atom. The van der Waals surface area contributed by atoms with Crippen molar-refractivity contribution in [3.8, 4) is 11.5 Å². The topological polar surface area (TPSA) is 0 Å². The second-order valence-corrected chi connectivity index (χ2v) is 9.48. The van der Waals surface area contributed by atoms with E-state index in [4.69, 9.17) is 0 Å². The van der Waals surface area contributed by atoms with Gasteiger partial charge in [0.25, 0.3) is 0 Å². The number of alkyl halides is 3. The highest BCUT2D eigenvalue weighted by atomic mass is 28.3. The molecule has 0 N–H and O–H groups in total. The molecule has 1 aromatic rings. The monoisotopic (exact) mass is 260 g/mol. The van der Waals surface area contributed by atoms with Crippen LogP contribution in [-0.2, 0) is 6.18 Å². The molecule has 1 rings (SSSR count). The van der Waals surface area contributed by atoms with Crippen molar-refractivity contribution in [2.75, 3.05) is 0 Å². The second kappa shape index (κ2) is 4.53. The van der Waals surface area contributed by atoms with Crippen molar-refractivity contribution in [2.24, 2.45) is 0 Å². The van der Waals surface area contributed by atoms with E-state index in [-0.39, 0.29) is 5.56 Å². The van der Waals surface area contributed by atoms with Crippen LogP contribution in [0, 0.1) is 17.3 Å². The van der Waals surface area contributed by atoms with Crippen LogP contribution < -0.4 is 0 Å². The second-order valence-electron chi connectivity index (χ2n) is 4.73. The highest BCUT2D eigenvalue weighted by Gasteiger charge is 2.31. The summed E-state index contributed by atoms with van der Waals surface area (Å²) < 4.78 is 50.3. The molecule has 0 spiro atoms. The van der Waals surface area contributed by atoms with Gasteiger partial charge in [0, 0.05) is 5.56 Å². The third-order valence-electron chi connectivity index (χ3n) is 1.81. The van der Waals surface area contributed by atoms with Crippen LogP contribution in [0.2, 0.25) is 19.6 Å². The predicted molar refractivity (Wildman–Crippen MR) is 61.6 cm³/mol. The molecule has 0 aliphatic carbocycles. The first-order valence-corrected chi connectivity index (χ1v) is 8.49. The van der Waals surface area contributed by atoms with Gasteiger partial charge in [-0.1, -0.05) is 25.6 Å². The zero-order chi connectivity index (χ0) is 13.3. The van der Waals surface area contributed by atoms with Crippen LogP contribution in [0.4, 0.5) is 17.6 Å². The average Bonchev–Trinajstić information content (AvgIpc) is 2.11. The van der Waals surface area contributed by atoms with Gasteiger partial charge < -0.3 is 0 Å². The molecule has 1 aromatic carbocycles.